The molecule has 4 aromatic heterocycles. The molecular weight excluding hydrogens is 546 g/mol. The number of phenolic OH excluding ortho intramolecular Hbond substituents is 1. The molecular formula is C30H29N11O2. The lowest BCUT2D eigenvalue weighted by molar-refractivity contribution is 0.0953. The summed E-state index contributed by atoms with van der Waals surface area (Å²) in [5, 5.41) is 25.7. The number of anilines is 3. The second kappa shape index (κ2) is 12.0. The molecule has 5 aromatic rings. The summed E-state index contributed by atoms with van der Waals surface area (Å²) in [6.07, 6.45) is 5.91. The highest BCUT2D eigenvalue weighted by Gasteiger charge is 2.25. The standard InChI is InChI=1S/C30H29N11O2/c1-20-19-39(24-17-22(36-37-29(24)31)21-7-2-3-8-25(21)42)14-6-15-40(20)27-10-13-32-26(35-27)9-4-11-34-30(43)23-18-28-33-12-5-16-41(28)38-23/h2-3,5,7-8,10,12-13,16-18,20,42H,6,11,14-15,19H2,1H3,(H2,31,37)(H,34,43). The number of amides is 1. The fraction of sp³-hybridized carbons (Fsp3) is 0.233. The predicted molar refractivity (Wildman–Crippen MR) is 161 cm³/mol. The number of nitrogen functional groups attached to an aromatic ring is 1. The monoisotopic (exact) mass is 575 g/mol. The topological polar surface area (TPSA) is 164 Å². The summed E-state index contributed by atoms with van der Waals surface area (Å²) in [5.41, 5.74) is 9.05. The Kier molecular flexibility index (Phi) is 7.64. The van der Waals surface area contributed by atoms with E-state index in [9.17, 15) is 9.90 Å². The molecule has 0 saturated carbocycles. The van der Waals surface area contributed by atoms with E-state index in [4.69, 9.17) is 5.73 Å². The van der Waals surface area contributed by atoms with Crippen molar-refractivity contribution in [2.24, 2.45) is 0 Å². The molecule has 5 heterocycles. The molecule has 13 heteroatoms. The first kappa shape index (κ1) is 27.4. The van der Waals surface area contributed by atoms with E-state index in [0.29, 0.717) is 35.1 Å². The van der Waals surface area contributed by atoms with E-state index in [2.05, 4.69) is 64.1 Å². The summed E-state index contributed by atoms with van der Waals surface area (Å²) < 4.78 is 1.54. The van der Waals surface area contributed by atoms with Crippen molar-refractivity contribution < 1.29 is 9.90 Å². The third kappa shape index (κ3) is 5.98. The Labute approximate surface area is 247 Å². The van der Waals surface area contributed by atoms with Crippen LogP contribution >= 0.6 is 0 Å². The van der Waals surface area contributed by atoms with Crippen molar-refractivity contribution in [1.29, 1.82) is 0 Å². The molecule has 1 aliphatic rings. The molecule has 0 radical (unpaired) electrons. The third-order valence-corrected chi connectivity index (χ3v) is 7.11. The molecule has 4 N–H and O–H groups in total. The number of benzene rings is 1. The van der Waals surface area contributed by atoms with E-state index in [0.717, 1.165) is 31.0 Å². The van der Waals surface area contributed by atoms with Crippen molar-refractivity contribution in [1.82, 2.24) is 40.1 Å². The molecule has 0 bridgehead atoms. The van der Waals surface area contributed by atoms with E-state index < -0.39 is 0 Å². The van der Waals surface area contributed by atoms with E-state index >= 15 is 0 Å². The number of nitrogens with zero attached hydrogens (tertiary/aromatic N) is 9. The number of para-hydroxylation sites is 1. The van der Waals surface area contributed by atoms with E-state index in [-0.39, 0.29) is 29.9 Å². The molecule has 13 nitrogen and oxygen atoms in total. The Hall–Kier alpha value is -5.77. The second-order valence-electron chi connectivity index (χ2n) is 10.0. The average molecular weight is 576 g/mol. The van der Waals surface area contributed by atoms with Gasteiger partial charge in [0, 0.05) is 55.9 Å². The van der Waals surface area contributed by atoms with Gasteiger partial charge in [-0.15, -0.1) is 10.2 Å². The van der Waals surface area contributed by atoms with Crippen LogP contribution in [0.25, 0.3) is 16.9 Å². The van der Waals surface area contributed by atoms with E-state index in [1.165, 1.54) is 0 Å². The smallest absolute Gasteiger partial charge is 0.272 e. The molecule has 0 spiro atoms. The van der Waals surface area contributed by atoms with Gasteiger partial charge in [0.05, 0.1) is 17.9 Å². The van der Waals surface area contributed by atoms with Gasteiger partial charge in [-0.25, -0.2) is 19.5 Å². The van der Waals surface area contributed by atoms with Gasteiger partial charge in [-0.2, -0.15) is 5.10 Å². The van der Waals surface area contributed by atoms with Crippen molar-refractivity contribution in [2.45, 2.75) is 19.4 Å². The highest BCUT2D eigenvalue weighted by atomic mass is 16.3. The van der Waals surface area contributed by atoms with Crippen LogP contribution in [0.3, 0.4) is 0 Å². The first-order valence-corrected chi connectivity index (χ1v) is 13.8. The van der Waals surface area contributed by atoms with Crippen LogP contribution in [-0.2, 0) is 0 Å². The number of nitrogens with one attached hydrogen (secondary N) is 1. The maximum absolute atomic E-state index is 12.5. The minimum absolute atomic E-state index is 0.0820. The van der Waals surface area contributed by atoms with Crippen LogP contribution in [-0.4, -0.2) is 78.0 Å². The third-order valence-electron chi connectivity index (χ3n) is 7.11. The van der Waals surface area contributed by atoms with Crippen LogP contribution in [0.5, 0.6) is 5.75 Å². The minimum Gasteiger partial charge on any atom is -0.507 e. The van der Waals surface area contributed by atoms with Gasteiger partial charge in [0.15, 0.2) is 17.2 Å². The van der Waals surface area contributed by atoms with Crippen LogP contribution in [0.15, 0.2) is 67.1 Å². The number of carbonyl (C=O) groups is 1. The average Bonchev–Trinajstić information content (AvgIpc) is 3.37. The fourth-order valence-electron chi connectivity index (χ4n) is 5.04. The summed E-state index contributed by atoms with van der Waals surface area (Å²) in [4.78, 5) is 30.0. The van der Waals surface area contributed by atoms with Crippen LogP contribution in [0.1, 0.15) is 29.7 Å². The van der Waals surface area contributed by atoms with Crippen LogP contribution in [0.4, 0.5) is 17.3 Å². The molecule has 1 atom stereocenters. The number of phenols is 1. The first-order valence-electron chi connectivity index (χ1n) is 13.8. The van der Waals surface area contributed by atoms with E-state index in [1.54, 1.807) is 53.4 Å². The predicted octanol–water partition coefficient (Wildman–Crippen LogP) is 2.15. The summed E-state index contributed by atoms with van der Waals surface area (Å²) in [6, 6.07) is 14.2. The summed E-state index contributed by atoms with van der Waals surface area (Å²) >= 11 is 0. The lowest BCUT2D eigenvalue weighted by Crippen LogP contribution is -2.40. The van der Waals surface area contributed by atoms with Crippen LogP contribution < -0.4 is 20.9 Å². The SMILES string of the molecule is CC1CN(c2cc(-c3ccccc3O)nnc2N)CCCN1c1ccnc(C#CCNC(=O)c2cc3ncccn3n2)n1. The van der Waals surface area contributed by atoms with Crippen molar-refractivity contribution >= 4 is 28.9 Å². The van der Waals surface area contributed by atoms with Crippen molar-refractivity contribution in [3.05, 3.63) is 78.6 Å². The molecule has 1 aliphatic heterocycles. The zero-order valence-electron chi connectivity index (χ0n) is 23.4. The molecule has 1 amide bonds. The Morgan fingerprint density at radius 2 is 2.00 bits per heavy atom. The Morgan fingerprint density at radius 1 is 1.12 bits per heavy atom. The number of carbonyl (C=O) groups excluding carboxylic acids is 1. The molecule has 43 heavy (non-hydrogen) atoms. The number of hydrogen-bond acceptors (Lipinski definition) is 11. The number of aromatic nitrogens is 7. The zero-order chi connectivity index (χ0) is 29.8. The number of aromatic hydroxyl groups is 1. The van der Waals surface area contributed by atoms with Gasteiger partial charge in [0.1, 0.15) is 11.6 Å². The highest BCUT2D eigenvalue weighted by molar-refractivity contribution is 5.93. The van der Waals surface area contributed by atoms with Gasteiger partial charge in [0.2, 0.25) is 5.82 Å². The summed E-state index contributed by atoms with van der Waals surface area (Å²) in [6.45, 7) is 4.45. The van der Waals surface area contributed by atoms with Crippen molar-refractivity contribution in [3.63, 3.8) is 0 Å². The summed E-state index contributed by atoms with van der Waals surface area (Å²) in [7, 11) is 0. The molecule has 216 valence electrons. The maximum atomic E-state index is 12.5. The molecule has 0 aliphatic carbocycles. The zero-order valence-corrected chi connectivity index (χ0v) is 23.4. The Morgan fingerprint density at radius 3 is 2.86 bits per heavy atom. The van der Waals surface area contributed by atoms with Gasteiger partial charge in [-0.1, -0.05) is 18.1 Å². The normalized spacial score (nSPS) is 15.0. The maximum Gasteiger partial charge on any atom is 0.272 e. The highest BCUT2D eigenvalue weighted by Crippen LogP contribution is 2.32. The number of nitrogens with two attached hydrogens (primary N) is 1. The Bertz CT molecular complexity index is 1810. The second-order valence-corrected chi connectivity index (χ2v) is 10.0. The largest absolute Gasteiger partial charge is 0.507 e. The summed E-state index contributed by atoms with van der Waals surface area (Å²) in [5.74, 6) is 7.13. The number of rotatable bonds is 5. The lowest BCUT2D eigenvalue weighted by atomic mass is 10.1. The van der Waals surface area contributed by atoms with Crippen LogP contribution in [0, 0.1) is 11.8 Å². The molecule has 1 aromatic carbocycles. The lowest BCUT2D eigenvalue weighted by Gasteiger charge is -2.31. The van der Waals surface area contributed by atoms with Gasteiger partial charge in [0.25, 0.3) is 5.91 Å². The molecule has 1 saturated heterocycles. The van der Waals surface area contributed by atoms with Crippen molar-refractivity contribution in [3.8, 4) is 28.8 Å². The van der Waals surface area contributed by atoms with Gasteiger partial charge >= 0.3 is 0 Å². The van der Waals surface area contributed by atoms with Gasteiger partial charge in [-0.05, 0) is 49.6 Å². The van der Waals surface area contributed by atoms with E-state index in [1.807, 2.05) is 18.2 Å². The van der Waals surface area contributed by atoms with Gasteiger partial charge < -0.3 is 26.0 Å². The fourth-order valence-corrected chi connectivity index (χ4v) is 5.04. The van der Waals surface area contributed by atoms with Crippen molar-refractivity contribution in [2.75, 3.05) is 41.7 Å². The van der Waals surface area contributed by atoms with Gasteiger partial charge in [-0.3, -0.25) is 4.79 Å². The molecule has 1 unspecified atom stereocenters. The Balaban J connectivity index is 1.12. The van der Waals surface area contributed by atoms with Crippen LogP contribution in [0.2, 0.25) is 0 Å². The number of hydrogen-bond donors (Lipinski definition) is 3. The number of fused-ring (bicyclic) bond motifs is 1. The minimum atomic E-state index is -0.338. The first-order chi connectivity index (χ1) is 21.0. The quantitative estimate of drug-likeness (QED) is 0.263. The molecule has 6 rings (SSSR count). The molecule has 1 fully saturated rings.